The molecule has 3 rings (SSSR count). The summed E-state index contributed by atoms with van der Waals surface area (Å²) in [6.45, 7) is 0. The highest BCUT2D eigenvalue weighted by Crippen LogP contribution is 2.36. The molecular formula is C18H17F3N4O. The molecule has 0 amide bonds. The number of benzene rings is 1. The highest BCUT2D eigenvalue weighted by Gasteiger charge is 2.37. The summed E-state index contributed by atoms with van der Waals surface area (Å²) in [5.41, 5.74) is -0.0626. The van der Waals surface area contributed by atoms with E-state index < -0.39 is 17.6 Å². The number of rotatable bonds is 4. The molecule has 5 nitrogen and oxygen atoms in total. The molecule has 0 aliphatic heterocycles. The minimum absolute atomic E-state index is 0.0149. The van der Waals surface area contributed by atoms with Crippen LogP contribution in [-0.2, 0) is 6.18 Å². The van der Waals surface area contributed by atoms with Gasteiger partial charge in [0.2, 0.25) is 11.8 Å². The van der Waals surface area contributed by atoms with Crippen LogP contribution in [0, 0.1) is 11.3 Å². The number of alkyl halides is 3. The van der Waals surface area contributed by atoms with Crippen molar-refractivity contribution in [3.05, 3.63) is 41.6 Å². The van der Waals surface area contributed by atoms with Crippen LogP contribution < -0.4 is 10.1 Å². The van der Waals surface area contributed by atoms with Gasteiger partial charge >= 0.3 is 6.18 Å². The Morgan fingerprint density at radius 3 is 2.65 bits per heavy atom. The second-order valence-electron chi connectivity index (χ2n) is 6.11. The molecule has 1 aromatic carbocycles. The summed E-state index contributed by atoms with van der Waals surface area (Å²) in [5.74, 6) is -0.475. The van der Waals surface area contributed by atoms with E-state index in [1.165, 1.54) is 0 Å². The molecule has 1 heterocycles. The minimum Gasteiger partial charge on any atom is -0.474 e. The third-order valence-corrected chi connectivity index (χ3v) is 4.14. The maximum atomic E-state index is 13.2. The zero-order valence-electron chi connectivity index (χ0n) is 13.9. The number of anilines is 2. The summed E-state index contributed by atoms with van der Waals surface area (Å²) in [5, 5.41) is 11.7. The van der Waals surface area contributed by atoms with Gasteiger partial charge in [0.15, 0.2) is 0 Å². The van der Waals surface area contributed by atoms with Crippen molar-refractivity contribution in [2.24, 2.45) is 0 Å². The van der Waals surface area contributed by atoms with Crippen molar-refractivity contribution in [1.82, 2.24) is 9.97 Å². The Labute approximate surface area is 148 Å². The van der Waals surface area contributed by atoms with Gasteiger partial charge in [-0.05, 0) is 43.9 Å². The number of nitrogens with one attached hydrogen (secondary N) is 1. The Bertz CT molecular complexity index is 811. The van der Waals surface area contributed by atoms with Crippen LogP contribution >= 0.6 is 0 Å². The molecule has 0 radical (unpaired) electrons. The Morgan fingerprint density at radius 2 is 1.96 bits per heavy atom. The second kappa shape index (κ2) is 7.60. The Morgan fingerprint density at radius 1 is 1.19 bits per heavy atom. The van der Waals surface area contributed by atoms with Crippen molar-refractivity contribution in [2.75, 3.05) is 5.32 Å². The van der Waals surface area contributed by atoms with Crippen molar-refractivity contribution in [2.45, 2.75) is 44.4 Å². The van der Waals surface area contributed by atoms with Crippen LogP contribution in [-0.4, -0.2) is 16.1 Å². The van der Waals surface area contributed by atoms with Crippen molar-refractivity contribution in [3.8, 4) is 11.9 Å². The van der Waals surface area contributed by atoms with E-state index in [9.17, 15) is 13.2 Å². The van der Waals surface area contributed by atoms with Gasteiger partial charge < -0.3 is 10.1 Å². The van der Waals surface area contributed by atoms with Crippen molar-refractivity contribution in [1.29, 1.82) is 5.26 Å². The molecule has 0 atom stereocenters. The molecule has 0 spiro atoms. The van der Waals surface area contributed by atoms with Crippen molar-refractivity contribution < 1.29 is 17.9 Å². The average molecular weight is 362 g/mol. The molecule has 1 aromatic heterocycles. The predicted octanol–water partition coefficient (Wildman–Crippen LogP) is 4.82. The molecule has 0 unspecified atom stereocenters. The number of halogens is 3. The first-order chi connectivity index (χ1) is 12.5. The highest BCUT2D eigenvalue weighted by molar-refractivity contribution is 5.56. The molecule has 1 aliphatic rings. The van der Waals surface area contributed by atoms with E-state index in [2.05, 4.69) is 15.3 Å². The Kier molecular flexibility index (Phi) is 5.26. The van der Waals surface area contributed by atoms with Gasteiger partial charge in [-0.15, -0.1) is 0 Å². The van der Waals surface area contributed by atoms with Crippen LogP contribution in [0.4, 0.5) is 24.8 Å². The summed E-state index contributed by atoms with van der Waals surface area (Å²) in [6.07, 6.45) is 0.229. The third-order valence-electron chi connectivity index (χ3n) is 4.14. The van der Waals surface area contributed by atoms with E-state index in [0.29, 0.717) is 24.1 Å². The van der Waals surface area contributed by atoms with E-state index >= 15 is 0 Å². The smallest absolute Gasteiger partial charge is 0.423 e. The number of nitriles is 1. The van der Waals surface area contributed by atoms with Gasteiger partial charge in [0.25, 0.3) is 0 Å². The number of aromatic nitrogens is 2. The number of ether oxygens (including phenoxy) is 1. The number of nitrogens with zero attached hydrogens (tertiary/aromatic N) is 3. The second-order valence-corrected chi connectivity index (χ2v) is 6.11. The van der Waals surface area contributed by atoms with Gasteiger partial charge in [-0.25, -0.2) is 4.98 Å². The molecule has 8 heteroatoms. The summed E-state index contributed by atoms with van der Waals surface area (Å²) in [4.78, 5) is 7.68. The fraction of sp³-hybridized carbons (Fsp3) is 0.389. The summed E-state index contributed by atoms with van der Waals surface area (Å²) >= 11 is 0. The highest BCUT2D eigenvalue weighted by atomic mass is 19.4. The third kappa shape index (κ3) is 4.42. The summed E-state index contributed by atoms with van der Waals surface area (Å²) < 4.78 is 45.3. The average Bonchev–Trinajstić information content (AvgIpc) is 2.62. The standard InChI is InChI=1S/C18H17F3N4O/c19-18(20,21)15-11-23-17(24-13-6-4-5-12(9-13)10-22)25-16(15)26-14-7-2-1-3-8-14/h4-6,9,11,14H,1-3,7-8H2,(H,23,24,25). The van der Waals surface area contributed by atoms with Crippen LogP contribution in [0.3, 0.4) is 0 Å². The SMILES string of the molecule is N#Cc1cccc(Nc2ncc(C(F)(F)F)c(OC3CCCCC3)n2)c1. The quantitative estimate of drug-likeness (QED) is 0.844. The van der Waals surface area contributed by atoms with E-state index in [-0.39, 0.29) is 12.1 Å². The van der Waals surface area contributed by atoms with Gasteiger partial charge in [0.05, 0.1) is 11.6 Å². The van der Waals surface area contributed by atoms with Gasteiger partial charge in [-0.2, -0.15) is 23.4 Å². The lowest BCUT2D eigenvalue weighted by Gasteiger charge is -2.24. The van der Waals surface area contributed by atoms with Crippen LogP contribution in [0.2, 0.25) is 0 Å². The molecule has 136 valence electrons. The van der Waals surface area contributed by atoms with Gasteiger partial charge in [0.1, 0.15) is 11.7 Å². The van der Waals surface area contributed by atoms with Gasteiger partial charge in [-0.1, -0.05) is 12.5 Å². The van der Waals surface area contributed by atoms with Crippen molar-refractivity contribution in [3.63, 3.8) is 0 Å². The van der Waals surface area contributed by atoms with Gasteiger partial charge in [-0.3, -0.25) is 0 Å². The predicted molar refractivity (Wildman–Crippen MR) is 89.0 cm³/mol. The van der Waals surface area contributed by atoms with Crippen LogP contribution in [0.15, 0.2) is 30.5 Å². The summed E-state index contributed by atoms with van der Waals surface area (Å²) in [7, 11) is 0. The van der Waals surface area contributed by atoms with E-state index in [1.54, 1.807) is 24.3 Å². The van der Waals surface area contributed by atoms with Crippen LogP contribution in [0.25, 0.3) is 0 Å². The van der Waals surface area contributed by atoms with E-state index in [4.69, 9.17) is 10.00 Å². The van der Waals surface area contributed by atoms with E-state index in [0.717, 1.165) is 25.5 Å². The zero-order valence-corrected chi connectivity index (χ0v) is 13.9. The molecule has 0 saturated heterocycles. The minimum atomic E-state index is -4.59. The zero-order chi connectivity index (χ0) is 18.6. The summed E-state index contributed by atoms with van der Waals surface area (Å²) in [6, 6.07) is 8.50. The molecule has 1 aliphatic carbocycles. The molecule has 2 aromatic rings. The van der Waals surface area contributed by atoms with Crippen molar-refractivity contribution >= 4 is 11.6 Å². The number of hydrogen-bond acceptors (Lipinski definition) is 5. The first-order valence-electron chi connectivity index (χ1n) is 8.34. The number of hydrogen-bond donors (Lipinski definition) is 1. The molecule has 1 N–H and O–H groups in total. The maximum Gasteiger partial charge on any atom is 0.423 e. The lowest BCUT2D eigenvalue weighted by Crippen LogP contribution is -2.22. The normalized spacial score (nSPS) is 15.3. The van der Waals surface area contributed by atoms with Crippen LogP contribution in [0.1, 0.15) is 43.2 Å². The molecule has 26 heavy (non-hydrogen) atoms. The lowest BCUT2D eigenvalue weighted by atomic mass is 9.98. The van der Waals surface area contributed by atoms with Crippen LogP contribution in [0.5, 0.6) is 5.88 Å². The monoisotopic (exact) mass is 362 g/mol. The first-order valence-corrected chi connectivity index (χ1v) is 8.34. The van der Waals surface area contributed by atoms with Gasteiger partial charge in [0, 0.05) is 11.9 Å². The Balaban J connectivity index is 1.87. The van der Waals surface area contributed by atoms with E-state index in [1.807, 2.05) is 6.07 Å². The molecule has 1 saturated carbocycles. The topological polar surface area (TPSA) is 70.8 Å². The fourth-order valence-electron chi connectivity index (χ4n) is 2.85. The first kappa shape index (κ1) is 18.0. The fourth-order valence-corrected chi connectivity index (χ4v) is 2.85. The molecule has 0 bridgehead atoms. The maximum absolute atomic E-state index is 13.2. The Hall–Kier alpha value is -2.82. The molecular weight excluding hydrogens is 345 g/mol. The molecule has 1 fully saturated rings. The lowest BCUT2D eigenvalue weighted by molar-refractivity contribution is -0.140. The largest absolute Gasteiger partial charge is 0.474 e.